The van der Waals surface area contributed by atoms with Crippen molar-refractivity contribution in [1.29, 1.82) is 5.26 Å². The Hall–Kier alpha value is -2.35. The van der Waals surface area contributed by atoms with Gasteiger partial charge < -0.3 is 10.1 Å². The number of hydrogen-bond acceptors (Lipinski definition) is 4. The molecule has 0 aliphatic rings. The third-order valence-corrected chi connectivity index (χ3v) is 2.41. The van der Waals surface area contributed by atoms with E-state index < -0.39 is 0 Å². The summed E-state index contributed by atoms with van der Waals surface area (Å²) in [6, 6.07) is 8.89. The molecule has 0 fully saturated rings. The molecule has 5 heteroatoms. The van der Waals surface area contributed by atoms with Crippen LogP contribution in [0.2, 0.25) is 0 Å². The Morgan fingerprint density at radius 2 is 2.00 bits per heavy atom. The molecule has 0 bridgehead atoms. The molecule has 1 aromatic rings. The minimum atomic E-state index is -0.297. The molecule has 0 aliphatic carbocycles. The summed E-state index contributed by atoms with van der Waals surface area (Å²) in [5.74, 6) is -0.402. The van der Waals surface area contributed by atoms with Gasteiger partial charge in [0, 0.05) is 19.9 Å². The number of carbonyl (C=O) groups is 2. The monoisotopic (exact) mass is 260 g/mol. The molecule has 0 spiro atoms. The number of rotatable bonds is 6. The predicted octanol–water partition coefficient (Wildman–Crippen LogP) is 1.52. The SMILES string of the molecule is CC(=O)NCCCC(=O)OCc1ccc(C#N)cc1. The Bertz CT molecular complexity index is 474. The van der Waals surface area contributed by atoms with Crippen LogP contribution in [0.3, 0.4) is 0 Å². The van der Waals surface area contributed by atoms with Crippen LogP contribution in [0.4, 0.5) is 0 Å². The molecule has 19 heavy (non-hydrogen) atoms. The van der Waals surface area contributed by atoms with Crippen LogP contribution < -0.4 is 5.32 Å². The summed E-state index contributed by atoms with van der Waals surface area (Å²) in [6.07, 6.45) is 0.836. The first-order valence-electron chi connectivity index (χ1n) is 6.01. The Kier molecular flexibility index (Phi) is 6.10. The summed E-state index contributed by atoms with van der Waals surface area (Å²) < 4.78 is 5.07. The number of ether oxygens (including phenoxy) is 1. The number of nitriles is 1. The quantitative estimate of drug-likeness (QED) is 0.621. The lowest BCUT2D eigenvalue weighted by Gasteiger charge is -2.05. The van der Waals surface area contributed by atoms with Gasteiger partial charge in [0.2, 0.25) is 5.91 Å². The Balaban J connectivity index is 2.22. The summed E-state index contributed by atoms with van der Waals surface area (Å²) >= 11 is 0. The Morgan fingerprint density at radius 1 is 1.32 bits per heavy atom. The number of carbonyl (C=O) groups excluding carboxylic acids is 2. The molecule has 100 valence electrons. The van der Waals surface area contributed by atoms with Gasteiger partial charge in [0.05, 0.1) is 11.6 Å². The maximum atomic E-state index is 11.4. The van der Waals surface area contributed by atoms with Gasteiger partial charge in [-0.1, -0.05) is 12.1 Å². The van der Waals surface area contributed by atoms with Gasteiger partial charge in [-0.25, -0.2) is 0 Å². The van der Waals surface area contributed by atoms with Crippen molar-refractivity contribution in [3.8, 4) is 6.07 Å². The van der Waals surface area contributed by atoms with Gasteiger partial charge >= 0.3 is 5.97 Å². The van der Waals surface area contributed by atoms with E-state index in [0.29, 0.717) is 18.5 Å². The van der Waals surface area contributed by atoms with Crippen molar-refractivity contribution in [3.05, 3.63) is 35.4 Å². The highest BCUT2D eigenvalue weighted by Crippen LogP contribution is 2.05. The van der Waals surface area contributed by atoms with Crippen LogP contribution in [0.5, 0.6) is 0 Å². The van der Waals surface area contributed by atoms with Gasteiger partial charge in [0.25, 0.3) is 0 Å². The van der Waals surface area contributed by atoms with Crippen LogP contribution in [-0.4, -0.2) is 18.4 Å². The Morgan fingerprint density at radius 3 is 2.58 bits per heavy atom. The second-order valence-electron chi connectivity index (χ2n) is 4.06. The van der Waals surface area contributed by atoms with Gasteiger partial charge in [-0.05, 0) is 24.1 Å². The fourth-order valence-corrected chi connectivity index (χ4v) is 1.41. The van der Waals surface area contributed by atoms with E-state index >= 15 is 0 Å². The molecule has 0 saturated heterocycles. The molecule has 1 aromatic carbocycles. The Labute approximate surface area is 112 Å². The number of amides is 1. The second-order valence-corrected chi connectivity index (χ2v) is 4.06. The standard InChI is InChI=1S/C14H16N2O3/c1-11(17)16-8-2-3-14(18)19-10-13-6-4-12(9-15)5-7-13/h4-7H,2-3,8,10H2,1H3,(H,16,17). The minimum Gasteiger partial charge on any atom is -0.461 e. The normalized spacial score (nSPS) is 9.47. The fourth-order valence-electron chi connectivity index (χ4n) is 1.41. The molecule has 0 aromatic heterocycles. The van der Waals surface area contributed by atoms with Crippen LogP contribution in [0.1, 0.15) is 30.9 Å². The molecule has 0 saturated carbocycles. The molecular formula is C14H16N2O3. The number of esters is 1. The van der Waals surface area contributed by atoms with Crippen LogP contribution in [0, 0.1) is 11.3 Å². The summed E-state index contributed by atoms with van der Waals surface area (Å²) in [5, 5.41) is 11.3. The van der Waals surface area contributed by atoms with Crippen molar-refractivity contribution >= 4 is 11.9 Å². The number of nitrogens with one attached hydrogen (secondary N) is 1. The van der Waals surface area contributed by atoms with Gasteiger partial charge in [0.1, 0.15) is 6.61 Å². The zero-order chi connectivity index (χ0) is 14.1. The first-order valence-corrected chi connectivity index (χ1v) is 6.01. The maximum Gasteiger partial charge on any atom is 0.306 e. The highest BCUT2D eigenvalue weighted by Gasteiger charge is 2.03. The third kappa shape index (κ3) is 6.22. The summed E-state index contributed by atoms with van der Waals surface area (Å²) in [6.45, 7) is 2.11. The van der Waals surface area contributed by atoms with Crippen molar-refractivity contribution in [2.24, 2.45) is 0 Å². The van der Waals surface area contributed by atoms with Crippen molar-refractivity contribution in [2.75, 3.05) is 6.54 Å². The lowest BCUT2D eigenvalue weighted by atomic mass is 10.2. The highest BCUT2D eigenvalue weighted by atomic mass is 16.5. The first kappa shape index (κ1) is 14.7. The minimum absolute atomic E-state index is 0.106. The third-order valence-electron chi connectivity index (χ3n) is 2.41. The zero-order valence-corrected chi connectivity index (χ0v) is 10.8. The van der Waals surface area contributed by atoms with E-state index in [9.17, 15) is 9.59 Å². The zero-order valence-electron chi connectivity index (χ0n) is 10.8. The van der Waals surface area contributed by atoms with E-state index in [4.69, 9.17) is 10.00 Å². The van der Waals surface area contributed by atoms with E-state index in [2.05, 4.69) is 5.32 Å². The number of hydrogen-bond donors (Lipinski definition) is 1. The van der Waals surface area contributed by atoms with Gasteiger partial charge in [0.15, 0.2) is 0 Å². The molecule has 5 nitrogen and oxygen atoms in total. The van der Waals surface area contributed by atoms with Crippen molar-refractivity contribution < 1.29 is 14.3 Å². The molecule has 1 rings (SSSR count). The molecule has 0 radical (unpaired) electrons. The van der Waals surface area contributed by atoms with Crippen molar-refractivity contribution in [2.45, 2.75) is 26.4 Å². The van der Waals surface area contributed by atoms with Gasteiger partial charge in [-0.2, -0.15) is 5.26 Å². The summed E-state index contributed by atoms with van der Waals surface area (Å²) in [7, 11) is 0. The predicted molar refractivity (Wildman–Crippen MR) is 68.9 cm³/mol. The molecule has 0 heterocycles. The molecule has 0 atom stereocenters. The molecule has 1 amide bonds. The van der Waals surface area contributed by atoms with Crippen LogP contribution in [0.15, 0.2) is 24.3 Å². The average Bonchev–Trinajstić information content (AvgIpc) is 2.41. The summed E-state index contributed by atoms with van der Waals surface area (Å²) in [4.78, 5) is 22.0. The lowest BCUT2D eigenvalue weighted by Crippen LogP contribution is -2.21. The van der Waals surface area contributed by atoms with E-state index in [1.807, 2.05) is 6.07 Å². The average molecular weight is 260 g/mol. The second kappa shape index (κ2) is 7.88. The molecule has 1 N–H and O–H groups in total. The van der Waals surface area contributed by atoms with Gasteiger partial charge in [-0.15, -0.1) is 0 Å². The summed E-state index contributed by atoms with van der Waals surface area (Å²) in [5.41, 5.74) is 1.42. The highest BCUT2D eigenvalue weighted by molar-refractivity contribution is 5.73. The van der Waals surface area contributed by atoms with E-state index in [-0.39, 0.29) is 24.9 Å². The maximum absolute atomic E-state index is 11.4. The van der Waals surface area contributed by atoms with E-state index in [1.54, 1.807) is 24.3 Å². The first-order chi connectivity index (χ1) is 9.11. The van der Waals surface area contributed by atoms with Gasteiger partial charge in [-0.3, -0.25) is 9.59 Å². The largest absolute Gasteiger partial charge is 0.461 e. The van der Waals surface area contributed by atoms with Crippen LogP contribution >= 0.6 is 0 Å². The van der Waals surface area contributed by atoms with Crippen LogP contribution in [-0.2, 0) is 20.9 Å². The van der Waals surface area contributed by atoms with Crippen molar-refractivity contribution in [3.63, 3.8) is 0 Å². The fraction of sp³-hybridized carbons (Fsp3) is 0.357. The van der Waals surface area contributed by atoms with E-state index in [1.165, 1.54) is 6.92 Å². The topological polar surface area (TPSA) is 79.2 Å². The molecule has 0 aliphatic heterocycles. The molecule has 0 unspecified atom stereocenters. The number of benzene rings is 1. The van der Waals surface area contributed by atoms with Crippen molar-refractivity contribution in [1.82, 2.24) is 5.32 Å². The number of nitrogens with zero attached hydrogens (tertiary/aromatic N) is 1. The van der Waals surface area contributed by atoms with Crippen LogP contribution in [0.25, 0.3) is 0 Å². The smallest absolute Gasteiger partial charge is 0.306 e. The molecular weight excluding hydrogens is 244 g/mol. The van der Waals surface area contributed by atoms with E-state index in [0.717, 1.165) is 5.56 Å². The lowest BCUT2D eigenvalue weighted by molar-refractivity contribution is -0.145.